The summed E-state index contributed by atoms with van der Waals surface area (Å²) in [6.07, 6.45) is 6.30. The van der Waals surface area contributed by atoms with Crippen LogP contribution in [0.3, 0.4) is 0 Å². The van der Waals surface area contributed by atoms with Crippen LogP contribution in [0.4, 0.5) is 0 Å². The van der Waals surface area contributed by atoms with E-state index in [9.17, 15) is 0 Å². The number of fused-ring (bicyclic) bond motifs is 2. The summed E-state index contributed by atoms with van der Waals surface area (Å²) in [6, 6.07) is 0. The standard InChI is InChI=1S/C12H17N3O2/c13-6-12(3-4-12)11-14-10(15-17-11)8-5-7-1-2-9(8)16-7/h7-9H,1-6,13H2. The first kappa shape index (κ1) is 10.0. The van der Waals surface area contributed by atoms with Crippen LogP contribution >= 0.6 is 0 Å². The van der Waals surface area contributed by atoms with E-state index < -0.39 is 0 Å². The molecule has 92 valence electrons. The van der Waals surface area contributed by atoms with E-state index in [0.29, 0.717) is 24.7 Å². The Labute approximate surface area is 99.7 Å². The number of aromatic nitrogens is 2. The van der Waals surface area contributed by atoms with Crippen LogP contribution in [0, 0.1) is 0 Å². The van der Waals surface area contributed by atoms with E-state index in [0.717, 1.165) is 37.4 Å². The third kappa shape index (κ3) is 1.39. The molecule has 2 saturated heterocycles. The highest BCUT2D eigenvalue weighted by atomic mass is 16.5. The lowest BCUT2D eigenvalue weighted by Gasteiger charge is -2.13. The van der Waals surface area contributed by atoms with Gasteiger partial charge in [0.05, 0.1) is 23.5 Å². The minimum atomic E-state index is 0.00370. The van der Waals surface area contributed by atoms with Crippen LogP contribution in [-0.2, 0) is 10.2 Å². The topological polar surface area (TPSA) is 74.2 Å². The highest BCUT2D eigenvalue weighted by molar-refractivity contribution is 5.18. The highest BCUT2D eigenvalue weighted by Crippen LogP contribution is 2.48. The molecule has 17 heavy (non-hydrogen) atoms. The summed E-state index contributed by atoms with van der Waals surface area (Å²) in [6.45, 7) is 0.613. The van der Waals surface area contributed by atoms with Gasteiger partial charge in [0.25, 0.3) is 0 Å². The molecule has 3 heterocycles. The summed E-state index contributed by atoms with van der Waals surface area (Å²) in [5.74, 6) is 1.93. The maximum Gasteiger partial charge on any atom is 0.234 e. The molecule has 0 spiro atoms. The average molecular weight is 235 g/mol. The summed E-state index contributed by atoms with van der Waals surface area (Å²) in [5, 5.41) is 4.15. The summed E-state index contributed by atoms with van der Waals surface area (Å²) in [4.78, 5) is 4.58. The van der Waals surface area contributed by atoms with Gasteiger partial charge in [0.15, 0.2) is 5.82 Å². The van der Waals surface area contributed by atoms with Crippen molar-refractivity contribution in [3.8, 4) is 0 Å². The fraction of sp³-hybridized carbons (Fsp3) is 0.833. The lowest BCUT2D eigenvalue weighted by Crippen LogP contribution is -2.20. The van der Waals surface area contributed by atoms with E-state index in [2.05, 4.69) is 10.1 Å². The van der Waals surface area contributed by atoms with E-state index >= 15 is 0 Å². The van der Waals surface area contributed by atoms with Gasteiger partial charge in [-0.05, 0) is 32.1 Å². The Morgan fingerprint density at radius 3 is 2.82 bits per heavy atom. The number of ether oxygens (including phenoxy) is 1. The molecule has 3 atom stereocenters. The summed E-state index contributed by atoms with van der Waals surface area (Å²) >= 11 is 0. The molecule has 1 saturated carbocycles. The minimum Gasteiger partial charge on any atom is -0.374 e. The molecule has 2 N–H and O–H groups in total. The van der Waals surface area contributed by atoms with Crippen molar-refractivity contribution in [2.24, 2.45) is 5.73 Å². The fourth-order valence-electron chi connectivity index (χ4n) is 3.17. The second kappa shape index (κ2) is 3.29. The fourth-order valence-corrected chi connectivity index (χ4v) is 3.17. The number of nitrogens with zero attached hydrogens (tertiary/aromatic N) is 2. The SMILES string of the molecule is NCC1(c2nc(C3CC4CCC3O4)no2)CC1. The van der Waals surface area contributed by atoms with Crippen LogP contribution in [0.15, 0.2) is 4.52 Å². The molecule has 4 rings (SSSR count). The Balaban J connectivity index is 1.59. The van der Waals surface area contributed by atoms with Crippen LogP contribution < -0.4 is 5.73 Å². The van der Waals surface area contributed by atoms with E-state index in [1.807, 2.05) is 0 Å². The van der Waals surface area contributed by atoms with E-state index in [4.69, 9.17) is 15.0 Å². The van der Waals surface area contributed by atoms with Crippen molar-refractivity contribution in [3.05, 3.63) is 11.7 Å². The first-order chi connectivity index (χ1) is 8.31. The lowest BCUT2D eigenvalue weighted by molar-refractivity contribution is 0.0996. The molecule has 0 amide bonds. The van der Waals surface area contributed by atoms with Gasteiger partial charge in [0.1, 0.15) is 0 Å². The van der Waals surface area contributed by atoms with Crippen LogP contribution in [0.2, 0.25) is 0 Å². The average Bonchev–Trinajstić information content (AvgIpc) is 2.78. The lowest BCUT2D eigenvalue weighted by atomic mass is 9.89. The predicted molar refractivity (Wildman–Crippen MR) is 59.5 cm³/mol. The molecule has 1 aliphatic carbocycles. The largest absolute Gasteiger partial charge is 0.374 e. The highest BCUT2D eigenvalue weighted by Gasteiger charge is 2.49. The van der Waals surface area contributed by atoms with Gasteiger partial charge in [-0.3, -0.25) is 0 Å². The van der Waals surface area contributed by atoms with Gasteiger partial charge in [-0.2, -0.15) is 4.98 Å². The normalized spacial score (nSPS) is 37.6. The molecule has 0 radical (unpaired) electrons. The zero-order valence-corrected chi connectivity index (χ0v) is 9.76. The second-order valence-electron chi connectivity index (χ2n) is 5.66. The molecule has 1 aromatic heterocycles. The van der Waals surface area contributed by atoms with E-state index in [1.54, 1.807) is 0 Å². The van der Waals surface area contributed by atoms with Crippen LogP contribution in [0.5, 0.6) is 0 Å². The Morgan fingerprint density at radius 2 is 2.24 bits per heavy atom. The summed E-state index contributed by atoms with van der Waals surface area (Å²) in [5.41, 5.74) is 5.78. The molecular formula is C12H17N3O2. The van der Waals surface area contributed by atoms with Gasteiger partial charge in [-0.15, -0.1) is 0 Å². The minimum absolute atomic E-state index is 0.00370. The summed E-state index contributed by atoms with van der Waals surface area (Å²) in [7, 11) is 0. The Bertz CT molecular complexity index is 441. The van der Waals surface area contributed by atoms with Gasteiger partial charge >= 0.3 is 0 Å². The first-order valence-electron chi connectivity index (χ1n) is 6.50. The molecule has 5 nitrogen and oxygen atoms in total. The van der Waals surface area contributed by atoms with E-state index in [1.165, 1.54) is 6.42 Å². The zero-order valence-electron chi connectivity index (χ0n) is 9.76. The van der Waals surface area contributed by atoms with Gasteiger partial charge in [-0.25, -0.2) is 0 Å². The van der Waals surface area contributed by atoms with Gasteiger partial charge in [0, 0.05) is 6.54 Å². The molecule has 0 aromatic carbocycles. The number of hydrogen-bond donors (Lipinski definition) is 1. The Kier molecular flexibility index (Phi) is 1.94. The van der Waals surface area contributed by atoms with Crippen molar-refractivity contribution in [1.29, 1.82) is 0 Å². The van der Waals surface area contributed by atoms with Crippen LogP contribution in [-0.4, -0.2) is 28.9 Å². The maximum atomic E-state index is 5.83. The zero-order chi connectivity index (χ0) is 11.5. The maximum absolute atomic E-state index is 5.83. The van der Waals surface area contributed by atoms with Crippen LogP contribution in [0.25, 0.3) is 0 Å². The third-order valence-corrected chi connectivity index (χ3v) is 4.58. The summed E-state index contributed by atoms with van der Waals surface area (Å²) < 4.78 is 11.2. The van der Waals surface area contributed by atoms with Crippen molar-refractivity contribution in [2.45, 2.75) is 55.6 Å². The van der Waals surface area contributed by atoms with Crippen molar-refractivity contribution in [3.63, 3.8) is 0 Å². The second-order valence-corrected chi connectivity index (χ2v) is 5.66. The van der Waals surface area contributed by atoms with Gasteiger partial charge < -0.3 is 15.0 Å². The number of nitrogens with two attached hydrogens (primary N) is 1. The molecule has 1 aromatic rings. The third-order valence-electron chi connectivity index (χ3n) is 4.58. The Hall–Kier alpha value is -0.940. The molecule has 3 unspecified atom stereocenters. The van der Waals surface area contributed by atoms with Gasteiger partial charge in [0.2, 0.25) is 5.89 Å². The van der Waals surface area contributed by atoms with Crippen molar-refractivity contribution >= 4 is 0 Å². The smallest absolute Gasteiger partial charge is 0.234 e. The number of hydrogen-bond acceptors (Lipinski definition) is 5. The molecule has 3 fully saturated rings. The van der Waals surface area contributed by atoms with Crippen molar-refractivity contribution in [1.82, 2.24) is 10.1 Å². The predicted octanol–water partition coefficient (Wildman–Crippen LogP) is 1.09. The van der Waals surface area contributed by atoms with Crippen LogP contribution in [0.1, 0.15) is 49.7 Å². The van der Waals surface area contributed by atoms with Crippen molar-refractivity contribution < 1.29 is 9.26 Å². The monoisotopic (exact) mass is 235 g/mol. The molecule has 2 aliphatic heterocycles. The molecule has 3 aliphatic rings. The molecule has 5 heteroatoms. The first-order valence-corrected chi connectivity index (χ1v) is 6.50. The van der Waals surface area contributed by atoms with E-state index in [-0.39, 0.29) is 5.41 Å². The Morgan fingerprint density at radius 1 is 1.35 bits per heavy atom. The van der Waals surface area contributed by atoms with Crippen molar-refractivity contribution in [2.75, 3.05) is 6.54 Å². The quantitative estimate of drug-likeness (QED) is 0.849. The molecular weight excluding hydrogens is 218 g/mol. The van der Waals surface area contributed by atoms with Gasteiger partial charge in [-0.1, -0.05) is 5.16 Å². The molecule has 2 bridgehead atoms. The number of rotatable bonds is 3.